The molecule has 0 bridgehead atoms. The molecule has 0 aliphatic rings. The highest BCUT2D eigenvalue weighted by molar-refractivity contribution is 7.16. The van der Waals surface area contributed by atoms with Gasteiger partial charge in [0.05, 0.1) is 11.4 Å². The van der Waals surface area contributed by atoms with E-state index in [1.54, 1.807) is 29.5 Å². The van der Waals surface area contributed by atoms with Gasteiger partial charge in [-0.25, -0.2) is 9.37 Å². The summed E-state index contributed by atoms with van der Waals surface area (Å²) < 4.78 is 13.7. The van der Waals surface area contributed by atoms with Gasteiger partial charge in [0.25, 0.3) is 0 Å². The highest BCUT2D eigenvalue weighted by Gasteiger charge is 2.12. The molecule has 0 saturated heterocycles. The zero-order valence-electron chi connectivity index (χ0n) is 11.6. The zero-order valence-corrected chi connectivity index (χ0v) is 12.5. The molecule has 4 heteroatoms. The number of aromatic nitrogens is 1. The Kier molecular flexibility index (Phi) is 3.97. The van der Waals surface area contributed by atoms with E-state index in [1.807, 2.05) is 30.3 Å². The van der Waals surface area contributed by atoms with Crippen LogP contribution in [0.2, 0.25) is 0 Å². The number of para-hydroxylation sites is 1. The molecule has 2 aromatic carbocycles. The summed E-state index contributed by atoms with van der Waals surface area (Å²) in [4.78, 5) is 5.82. The van der Waals surface area contributed by atoms with Crippen molar-refractivity contribution in [2.75, 3.05) is 5.32 Å². The fraction of sp³-hybridized carbons (Fsp3) is 0.118. The second kappa shape index (κ2) is 6.06. The SMILES string of the molecule is CCc1sc(Nc2ccccc2F)nc1-c1ccccc1. The summed E-state index contributed by atoms with van der Waals surface area (Å²) in [5.74, 6) is -0.271. The van der Waals surface area contributed by atoms with Crippen molar-refractivity contribution in [2.45, 2.75) is 13.3 Å². The van der Waals surface area contributed by atoms with Crippen LogP contribution in [0.3, 0.4) is 0 Å². The van der Waals surface area contributed by atoms with E-state index in [4.69, 9.17) is 0 Å². The molecule has 0 fully saturated rings. The van der Waals surface area contributed by atoms with Gasteiger partial charge in [0.15, 0.2) is 5.13 Å². The number of halogens is 1. The molecule has 21 heavy (non-hydrogen) atoms. The number of nitrogens with one attached hydrogen (secondary N) is 1. The van der Waals surface area contributed by atoms with E-state index in [2.05, 4.69) is 17.2 Å². The third-order valence-corrected chi connectivity index (χ3v) is 4.30. The average molecular weight is 298 g/mol. The number of anilines is 2. The lowest BCUT2D eigenvalue weighted by Crippen LogP contribution is -1.92. The van der Waals surface area contributed by atoms with Gasteiger partial charge < -0.3 is 5.32 Å². The largest absolute Gasteiger partial charge is 0.329 e. The standard InChI is InChI=1S/C17H15FN2S/c1-2-15-16(12-8-4-3-5-9-12)20-17(21-15)19-14-11-7-6-10-13(14)18/h3-11H,2H2,1H3,(H,19,20). The van der Waals surface area contributed by atoms with Crippen molar-refractivity contribution < 1.29 is 4.39 Å². The maximum atomic E-state index is 13.7. The van der Waals surface area contributed by atoms with Gasteiger partial charge in [-0.3, -0.25) is 0 Å². The molecule has 0 radical (unpaired) electrons. The van der Waals surface area contributed by atoms with E-state index in [9.17, 15) is 4.39 Å². The summed E-state index contributed by atoms with van der Waals surface area (Å²) in [6, 6.07) is 16.7. The average Bonchev–Trinajstić information content (AvgIpc) is 2.93. The first-order chi connectivity index (χ1) is 10.3. The Morgan fingerprint density at radius 2 is 1.76 bits per heavy atom. The highest BCUT2D eigenvalue weighted by atomic mass is 32.1. The number of thiazole rings is 1. The number of hydrogen-bond donors (Lipinski definition) is 1. The van der Waals surface area contributed by atoms with Crippen LogP contribution in [0.1, 0.15) is 11.8 Å². The molecule has 106 valence electrons. The van der Waals surface area contributed by atoms with Crippen LogP contribution in [0.25, 0.3) is 11.3 Å². The molecule has 1 aromatic heterocycles. The first kappa shape index (κ1) is 13.8. The Morgan fingerprint density at radius 3 is 2.48 bits per heavy atom. The van der Waals surface area contributed by atoms with Crippen LogP contribution in [-0.4, -0.2) is 4.98 Å². The van der Waals surface area contributed by atoms with Gasteiger partial charge in [0.1, 0.15) is 5.82 Å². The number of hydrogen-bond acceptors (Lipinski definition) is 3. The minimum atomic E-state index is -0.271. The Bertz CT molecular complexity index is 738. The maximum Gasteiger partial charge on any atom is 0.188 e. The quantitative estimate of drug-likeness (QED) is 0.711. The highest BCUT2D eigenvalue weighted by Crippen LogP contribution is 2.33. The lowest BCUT2D eigenvalue weighted by molar-refractivity contribution is 0.632. The number of benzene rings is 2. The third kappa shape index (κ3) is 2.95. The molecule has 0 aliphatic heterocycles. The van der Waals surface area contributed by atoms with Crippen molar-refractivity contribution in [1.82, 2.24) is 4.98 Å². The summed E-state index contributed by atoms with van der Waals surface area (Å²) in [5, 5.41) is 3.79. The summed E-state index contributed by atoms with van der Waals surface area (Å²) in [6.07, 6.45) is 0.904. The van der Waals surface area contributed by atoms with Crippen molar-refractivity contribution in [3.63, 3.8) is 0 Å². The monoisotopic (exact) mass is 298 g/mol. The predicted molar refractivity (Wildman–Crippen MR) is 86.6 cm³/mol. The summed E-state index contributed by atoms with van der Waals surface area (Å²) in [7, 11) is 0. The smallest absolute Gasteiger partial charge is 0.188 e. The van der Waals surface area contributed by atoms with Gasteiger partial charge in [-0.1, -0.05) is 49.4 Å². The van der Waals surface area contributed by atoms with Crippen LogP contribution in [0, 0.1) is 5.82 Å². The van der Waals surface area contributed by atoms with Crippen LogP contribution < -0.4 is 5.32 Å². The van der Waals surface area contributed by atoms with E-state index in [0.29, 0.717) is 5.69 Å². The first-order valence-corrected chi connectivity index (χ1v) is 7.66. The van der Waals surface area contributed by atoms with Gasteiger partial charge in [0.2, 0.25) is 0 Å². The third-order valence-electron chi connectivity index (χ3n) is 3.18. The lowest BCUT2D eigenvalue weighted by Gasteiger charge is -2.02. The summed E-state index contributed by atoms with van der Waals surface area (Å²) >= 11 is 1.57. The topological polar surface area (TPSA) is 24.9 Å². The lowest BCUT2D eigenvalue weighted by atomic mass is 10.1. The molecule has 0 saturated carbocycles. The van der Waals surface area contributed by atoms with Crippen molar-refractivity contribution in [2.24, 2.45) is 0 Å². The second-order valence-corrected chi connectivity index (χ2v) is 5.70. The van der Waals surface area contributed by atoms with Gasteiger partial charge in [0, 0.05) is 10.4 Å². The van der Waals surface area contributed by atoms with Crippen LogP contribution in [0.4, 0.5) is 15.2 Å². The minimum absolute atomic E-state index is 0.271. The Morgan fingerprint density at radius 1 is 1.05 bits per heavy atom. The second-order valence-electron chi connectivity index (χ2n) is 4.62. The predicted octanol–water partition coefficient (Wildman–Crippen LogP) is 5.26. The summed E-state index contributed by atoms with van der Waals surface area (Å²) in [6.45, 7) is 2.10. The van der Waals surface area contributed by atoms with Crippen molar-refractivity contribution in [1.29, 1.82) is 0 Å². The minimum Gasteiger partial charge on any atom is -0.329 e. The molecule has 0 spiro atoms. The van der Waals surface area contributed by atoms with Crippen LogP contribution >= 0.6 is 11.3 Å². The molecule has 3 aromatic rings. The molecular formula is C17H15FN2S. The Labute approximate surface area is 127 Å². The fourth-order valence-electron chi connectivity index (χ4n) is 2.14. The van der Waals surface area contributed by atoms with E-state index < -0.39 is 0 Å². The van der Waals surface area contributed by atoms with E-state index in [1.165, 1.54) is 10.9 Å². The molecule has 2 nitrogen and oxygen atoms in total. The fourth-order valence-corrected chi connectivity index (χ4v) is 3.08. The first-order valence-electron chi connectivity index (χ1n) is 6.84. The zero-order chi connectivity index (χ0) is 14.7. The normalized spacial score (nSPS) is 10.6. The van der Waals surface area contributed by atoms with Crippen molar-refractivity contribution in [3.05, 3.63) is 65.3 Å². The molecule has 1 N–H and O–H groups in total. The van der Waals surface area contributed by atoms with Crippen molar-refractivity contribution in [3.8, 4) is 11.3 Å². The van der Waals surface area contributed by atoms with E-state index >= 15 is 0 Å². The van der Waals surface area contributed by atoms with E-state index in [-0.39, 0.29) is 5.82 Å². The van der Waals surface area contributed by atoms with Crippen LogP contribution in [0.5, 0.6) is 0 Å². The van der Waals surface area contributed by atoms with Crippen LogP contribution in [0.15, 0.2) is 54.6 Å². The number of nitrogens with zero attached hydrogens (tertiary/aromatic N) is 1. The van der Waals surface area contributed by atoms with Gasteiger partial charge in [-0.15, -0.1) is 11.3 Å². The molecule has 0 unspecified atom stereocenters. The molecule has 3 rings (SSSR count). The summed E-state index contributed by atoms with van der Waals surface area (Å²) in [5.41, 5.74) is 2.52. The molecule has 0 aliphatic carbocycles. The van der Waals surface area contributed by atoms with Crippen LogP contribution in [-0.2, 0) is 6.42 Å². The maximum absolute atomic E-state index is 13.7. The Hall–Kier alpha value is -2.20. The van der Waals surface area contributed by atoms with E-state index in [0.717, 1.165) is 22.8 Å². The molecule has 0 atom stereocenters. The van der Waals surface area contributed by atoms with Gasteiger partial charge in [-0.05, 0) is 18.6 Å². The van der Waals surface area contributed by atoms with Gasteiger partial charge >= 0.3 is 0 Å². The molecular weight excluding hydrogens is 283 g/mol. The number of aryl methyl sites for hydroxylation is 1. The molecule has 1 heterocycles. The Balaban J connectivity index is 1.95. The number of rotatable bonds is 4. The van der Waals surface area contributed by atoms with Gasteiger partial charge in [-0.2, -0.15) is 0 Å². The molecule has 0 amide bonds. The van der Waals surface area contributed by atoms with Crippen molar-refractivity contribution >= 4 is 22.2 Å².